The summed E-state index contributed by atoms with van der Waals surface area (Å²) < 4.78 is 0. The molecular formula is C14H25NO. The number of carbonyl (C=O) groups excluding carboxylic acids is 1. The summed E-state index contributed by atoms with van der Waals surface area (Å²) >= 11 is 0. The number of rotatable bonds is 6. The van der Waals surface area contributed by atoms with Gasteiger partial charge < -0.3 is 5.32 Å². The van der Waals surface area contributed by atoms with Gasteiger partial charge in [0, 0.05) is 11.8 Å². The lowest BCUT2D eigenvalue weighted by Crippen LogP contribution is -2.42. The molecule has 92 valence electrons. The lowest BCUT2D eigenvalue weighted by molar-refractivity contribution is -0.130. The Labute approximate surface area is 99.5 Å². The molecule has 16 heavy (non-hydrogen) atoms. The van der Waals surface area contributed by atoms with Gasteiger partial charge >= 0.3 is 0 Å². The number of nitrogens with one attached hydrogen (secondary N) is 1. The lowest BCUT2D eigenvalue weighted by atomic mass is 9.70. The van der Waals surface area contributed by atoms with Gasteiger partial charge in [0.2, 0.25) is 0 Å². The highest BCUT2D eigenvalue weighted by Gasteiger charge is 2.37. The Morgan fingerprint density at radius 3 is 2.44 bits per heavy atom. The van der Waals surface area contributed by atoms with Crippen LogP contribution in [0.3, 0.4) is 0 Å². The van der Waals surface area contributed by atoms with Gasteiger partial charge in [-0.2, -0.15) is 0 Å². The summed E-state index contributed by atoms with van der Waals surface area (Å²) in [6.07, 6.45) is 5.69. The average Bonchev–Trinajstić information content (AvgIpc) is 2.30. The number of hydrogen-bond donors (Lipinski definition) is 1. The molecule has 0 aromatic carbocycles. The van der Waals surface area contributed by atoms with E-state index in [1.54, 1.807) is 0 Å². The van der Waals surface area contributed by atoms with E-state index in [0.717, 1.165) is 50.8 Å². The normalized spacial score (nSPS) is 19.4. The van der Waals surface area contributed by atoms with Crippen LogP contribution in [0.15, 0.2) is 12.2 Å². The van der Waals surface area contributed by atoms with Gasteiger partial charge in [-0.1, -0.05) is 32.4 Å². The van der Waals surface area contributed by atoms with Gasteiger partial charge in [0.25, 0.3) is 0 Å². The maximum atomic E-state index is 12.4. The second-order valence-corrected chi connectivity index (χ2v) is 4.98. The van der Waals surface area contributed by atoms with Crippen LogP contribution in [0.1, 0.15) is 52.4 Å². The van der Waals surface area contributed by atoms with Crippen LogP contribution >= 0.6 is 0 Å². The van der Waals surface area contributed by atoms with E-state index in [1.807, 2.05) is 0 Å². The quantitative estimate of drug-likeness (QED) is 0.701. The highest BCUT2D eigenvalue weighted by Crippen LogP contribution is 2.36. The third-order valence-electron chi connectivity index (χ3n) is 3.79. The Morgan fingerprint density at radius 1 is 1.31 bits per heavy atom. The SMILES string of the molecule is C=C(CC)CC(=O)C1(CCC)CCNCC1. The minimum absolute atomic E-state index is 0.0435. The second-order valence-electron chi connectivity index (χ2n) is 4.98. The summed E-state index contributed by atoms with van der Waals surface area (Å²) in [5.41, 5.74) is 1.04. The maximum Gasteiger partial charge on any atom is 0.143 e. The van der Waals surface area contributed by atoms with Crippen molar-refractivity contribution in [3.8, 4) is 0 Å². The first-order chi connectivity index (χ1) is 7.64. The van der Waals surface area contributed by atoms with E-state index in [0.29, 0.717) is 12.2 Å². The molecule has 1 N–H and O–H groups in total. The summed E-state index contributed by atoms with van der Waals surface area (Å²) in [6, 6.07) is 0. The van der Waals surface area contributed by atoms with Crippen molar-refractivity contribution in [2.45, 2.75) is 52.4 Å². The van der Waals surface area contributed by atoms with Crippen LogP contribution < -0.4 is 5.32 Å². The van der Waals surface area contributed by atoms with Crippen LogP contribution in [-0.4, -0.2) is 18.9 Å². The zero-order valence-electron chi connectivity index (χ0n) is 10.8. The van der Waals surface area contributed by atoms with Crippen molar-refractivity contribution in [3.63, 3.8) is 0 Å². The zero-order chi connectivity index (χ0) is 12.0. The standard InChI is InChI=1S/C14H25NO/c1-4-6-14(7-9-15-10-8-14)13(16)11-12(3)5-2/h15H,3-11H2,1-2H3. The molecule has 0 amide bonds. The van der Waals surface area contributed by atoms with Crippen molar-refractivity contribution in [3.05, 3.63) is 12.2 Å². The first-order valence-electron chi connectivity index (χ1n) is 6.55. The second kappa shape index (κ2) is 6.19. The first kappa shape index (κ1) is 13.4. The molecule has 0 aromatic heterocycles. The van der Waals surface area contributed by atoms with E-state index >= 15 is 0 Å². The Morgan fingerprint density at radius 2 is 1.94 bits per heavy atom. The third kappa shape index (κ3) is 3.18. The van der Waals surface area contributed by atoms with Gasteiger partial charge in [0.1, 0.15) is 5.78 Å². The Kier molecular flexibility index (Phi) is 5.20. The molecule has 1 heterocycles. The Balaban J connectivity index is 2.67. The predicted molar refractivity (Wildman–Crippen MR) is 68.5 cm³/mol. The zero-order valence-corrected chi connectivity index (χ0v) is 10.8. The fraction of sp³-hybridized carbons (Fsp3) is 0.786. The van der Waals surface area contributed by atoms with Gasteiger partial charge in [-0.25, -0.2) is 0 Å². The van der Waals surface area contributed by atoms with Crippen LogP contribution in [0.4, 0.5) is 0 Å². The smallest absolute Gasteiger partial charge is 0.143 e. The Hall–Kier alpha value is -0.630. The molecule has 0 radical (unpaired) electrons. The lowest BCUT2D eigenvalue weighted by Gasteiger charge is -2.36. The van der Waals surface area contributed by atoms with Gasteiger partial charge in [-0.05, 0) is 38.8 Å². The number of piperidine rings is 1. The molecule has 0 aliphatic carbocycles. The first-order valence-corrected chi connectivity index (χ1v) is 6.55. The number of allylic oxidation sites excluding steroid dienone is 1. The molecule has 2 heteroatoms. The molecule has 1 aliphatic heterocycles. The molecule has 0 unspecified atom stereocenters. The fourth-order valence-corrected chi connectivity index (χ4v) is 2.59. The van der Waals surface area contributed by atoms with Crippen LogP contribution in [-0.2, 0) is 4.79 Å². The molecule has 0 aromatic rings. The van der Waals surface area contributed by atoms with Gasteiger partial charge in [0.05, 0.1) is 0 Å². The fourth-order valence-electron chi connectivity index (χ4n) is 2.59. The van der Waals surface area contributed by atoms with Crippen molar-refractivity contribution < 1.29 is 4.79 Å². The monoisotopic (exact) mass is 223 g/mol. The minimum Gasteiger partial charge on any atom is -0.317 e. The minimum atomic E-state index is -0.0435. The van der Waals surface area contributed by atoms with E-state index in [-0.39, 0.29) is 5.41 Å². The predicted octanol–water partition coefficient (Wildman–Crippen LogP) is 3.08. The number of carbonyl (C=O) groups is 1. The molecule has 0 bridgehead atoms. The highest BCUT2D eigenvalue weighted by atomic mass is 16.1. The molecule has 1 saturated heterocycles. The van der Waals surface area contributed by atoms with Crippen molar-refractivity contribution in [1.82, 2.24) is 5.32 Å². The third-order valence-corrected chi connectivity index (χ3v) is 3.79. The molecule has 0 atom stereocenters. The van der Waals surface area contributed by atoms with Crippen molar-refractivity contribution >= 4 is 5.78 Å². The van der Waals surface area contributed by atoms with E-state index in [4.69, 9.17) is 0 Å². The molecule has 1 rings (SSSR count). The summed E-state index contributed by atoms with van der Waals surface area (Å²) in [5, 5.41) is 3.35. The van der Waals surface area contributed by atoms with Gasteiger partial charge in [-0.3, -0.25) is 4.79 Å². The van der Waals surface area contributed by atoms with Crippen LogP contribution in [0.2, 0.25) is 0 Å². The van der Waals surface area contributed by atoms with E-state index in [9.17, 15) is 4.79 Å². The summed E-state index contributed by atoms with van der Waals surface area (Å²) in [5.74, 6) is 0.433. The van der Waals surface area contributed by atoms with E-state index in [1.165, 1.54) is 0 Å². The van der Waals surface area contributed by atoms with Crippen molar-refractivity contribution in [1.29, 1.82) is 0 Å². The molecule has 0 spiro atoms. The van der Waals surface area contributed by atoms with Crippen LogP contribution in [0.5, 0.6) is 0 Å². The molecule has 1 aliphatic rings. The number of ketones is 1. The van der Waals surface area contributed by atoms with E-state index in [2.05, 4.69) is 25.7 Å². The number of hydrogen-bond acceptors (Lipinski definition) is 2. The highest BCUT2D eigenvalue weighted by molar-refractivity contribution is 5.86. The Bertz CT molecular complexity index is 246. The summed E-state index contributed by atoms with van der Waals surface area (Å²) in [6.45, 7) is 10.2. The molecular weight excluding hydrogens is 198 g/mol. The summed E-state index contributed by atoms with van der Waals surface area (Å²) in [7, 11) is 0. The van der Waals surface area contributed by atoms with Crippen LogP contribution in [0.25, 0.3) is 0 Å². The largest absolute Gasteiger partial charge is 0.317 e. The van der Waals surface area contributed by atoms with Crippen molar-refractivity contribution in [2.75, 3.05) is 13.1 Å². The van der Waals surface area contributed by atoms with Gasteiger partial charge in [-0.15, -0.1) is 0 Å². The van der Waals surface area contributed by atoms with Crippen LogP contribution in [0, 0.1) is 5.41 Å². The topological polar surface area (TPSA) is 29.1 Å². The molecule has 1 fully saturated rings. The number of Topliss-reactive ketones (excluding diaryl/α,β-unsaturated/α-hetero) is 1. The van der Waals surface area contributed by atoms with Gasteiger partial charge in [0.15, 0.2) is 0 Å². The molecule has 0 saturated carbocycles. The maximum absolute atomic E-state index is 12.4. The van der Waals surface area contributed by atoms with Crippen molar-refractivity contribution in [2.24, 2.45) is 5.41 Å². The summed E-state index contributed by atoms with van der Waals surface area (Å²) in [4.78, 5) is 12.4. The average molecular weight is 223 g/mol. The van der Waals surface area contributed by atoms with E-state index < -0.39 is 0 Å². The molecule has 2 nitrogen and oxygen atoms in total.